The van der Waals surface area contributed by atoms with Gasteiger partial charge in [0.05, 0.1) is 11.2 Å². The van der Waals surface area contributed by atoms with Crippen molar-refractivity contribution in [3.63, 3.8) is 0 Å². The summed E-state index contributed by atoms with van der Waals surface area (Å²) in [5.74, 6) is -0.395. The lowest BCUT2D eigenvalue weighted by molar-refractivity contribution is -0.140. The van der Waals surface area contributed by atoms with Crippen LogP contribution in [0.2, 0.25) is 0 Å². The molecule has 0 aliphatic heterocycles. The summed E-state index contributed by atoms with van der Waals surface area (Å²) in [5, 5.41) is 9.22. The molecule has 21 heavy (non-hydrogen) atoms. The molecule has 1 aliphatic rings. The number of rotatable bonds is 7. The number of carbonyl (C=O) groups is 1. The highest BCUT2D eigenvalue weighted by molar-refractivity contribution is 7.92. The molecule has 1 saturated carbocycles. The molecule has 0 amide bonds. The van der Waals surface area contributed by atoms with Crippen LogP contribution in [0.3, 0.4) is 0 Å². The number of aliphatic carboxylic acids is 1. The molecular formula is C15H21NO4S. The Labute approximate surface area is 125 Å². The zero-order valence-electron chi connectivity index (χ0n) is 12.3. The van der Waals surface area contributed by atoms with Gasteiger partial charge in [0, 0.05) is 5.69 Å². The van der Waals surface area contributed by atoms with Crippen LogP contribution in [0, 0.1) is 5.92 Å². The molecule has 0 radical (unpaired) electrons. The van der Waals surface area contributed by atoms with Crippen molar-refractivity contribution in [2.24, 2.45) is 5.92 Å². The third-order valence-electron chi connectivity index (χ3n) is 3.83. The first-order valence-corrected chi connectivity index (χ1v) is 8.75. The molecule has 0 aromatic heterocycles. The lowest BCUT2D eigenvalue weighted by Crippen LogP contribution is -2.20. The fourth-order valence-electron chi connectivity index (χ4n) is 2.23. The van der Waals surface area contributed by atoms with E-state index in [1.54, 1.807) is 24.3 Å². The Balaban J connectivity index is 2.05. The SMILES string of the molecule is CC(C)CCS(=O)(=O)Nc1ccc(C2(C(=O)O)CC2)cc1. The average Bonchev–Trinajstić information content (AvgIpc) is 3.18. The molecule has 2 N–H and O–H groups in total. The number of carboxylic acid groups (broad SMARTS) is 1. The second kappa shape index (κ2) is 5.67. The average molecular weight is 311 g/mol. The molecule has 0 spiro atoms. The predicted molar refractivity (Wildman–Crippen MR) is 81.9 cm³/mol. The number of carboxylic acids is 1. The first-order chi connectivity index (χ1) is 9.75. The van der Waals surface area contributed by atoms with E-state index < -0.39 is 21.4 Å². The van der Waals surface area contributed by atoms with Crippen LogP contribution in [0.5, 0.6) is 0 Å². The normalized spacial score (nSPS) is 16.7. The molecule has 0 saturated heterocycles. The molecule has 6 heteroatoms. The van der Waals surface area contributed by atoms with Crippen LogP contribution in [-0.2, 0) is 20.2 Å². The van der Waals surface area contributed by atoms with E-state index in [1.807, 2.05) is 13.8 Å². The highest BCUT2D eigenvalue weighted by Gasteiger charge is 2.51. The van der Waals surface area contributed by atoms with Crippen molar-refractivity contribution in [3.8, 4) is 0 Å². The quantitative estimate of drug-likeness (QED) is 0.810. The molecule has 1 fully saturated rings. The highest BCUT2D eigenvalue weighted by Crippen LogP contribution is 2.48. The van der Waals surface area contributed by atoms with E-state index in [0.717, 1.165) is 5.56 Å². The van der Waals surface area contributed by atoms with Gasteiger partial charge < -0.3 is 5.11 Å². The van der Waals surface area contributed by atoms with Gasteiger partial charge in [-0.1, -0.05) is 26.0 Å². The van der Waals surface area contributed by atoms with Gasteiger partial charge in [0.15, 0.2) is 0 Å². The fourth-order valence-corrected chi connectivity index (χ4v) is 3.61. The monoisotopic (exact) mass is 311 g/mol. The summed E-state index contributed by atoms with van der Waals surface area (Å²) < 4.78 is 26.3. The Morgan fingerprint density at radius 3 is 2.29 bits per heavy atom. The Morgan fingerprint density at radius 2 is 1.86 bits per heavy atom. The van der Waals surface area contributed by atoms with Crippen molar-refractivity contribution < 1.29 is 18.3 Å². The van der Waals surface area contributed by atoms with Crippen LogP contribution in [0.4, 0.5) is 5.69 Å². The Kier molecular flexibility index (Phi) is 4.27. The maximum Gasteiger partial charge on any atom is 0.314 e. The van der Waals surface area contributed by atoms with Crippen LogP contribution in [0.15, 0.2) is 24.3 Å². The molecule has 2 rings (SSSR count). The van der Waals surface area contributed by atoms with Gasteiger partial charge >= 0.3 is 5.97 Å². The largest absolute Gasteiger partial charge is 0.481 e. The van der Waals surface area contributed by atoms with Gasteiger partial charge in [-0.2, -0.15) is 0 Å². The summed E-state index contributed by atoms with van der Waals surface area (Å²) in [5.41, 5.74) is 0.457. The van der Waals surface area contributed by atoms with E-state index in [2.05, 4.69) is 4.72 Å². The van der Waals surface area contributed by atoms with E-state index in [4.69, 9.17) is 0 Å². The minimum Gasteiger partial charge on any atom is -0.481 e. The molecule has 0 bridgehead atoms. The molecule has 5 nitrogen and oxygen atoms in total. The lowest BCUT2D eigenvalue weighted by Gasteiger charge is -2.12. The minimum absolute atomic E-state index is 0.0888. The molecule has 1 aliphatic carbocycles. The molecule has 0 unspecified atom stereocenters. The number of sulfonamides is 1. The summed E-state index contributed by atoms with van der Waals surface area (Å²) in [6, 6.07) is 6.65. The van der Waals surface area contributed by atoms with Gasteiger partial charge in [-0.25, -0.2) is 8.42 Å². The molecule has 1 aromatic carbocycles. The first kappa shape index (κ1) is 15.8. The van der Waals surface area contributed by atoms with Crippen LogP contribution >= 0.6 is 0 Å². The van der Waals surface area contributed by atoms with Crippen molar-refractivity contribution in [2.45, 2.75) is 38.5 Å². The maximum atomic E-state index is 11.9. The van der Waals surface area contributed by atoms with Gasteiger partial charge in [-0.15, -0.1) is 0 Å². The van der Waals surface area contributed by atoms with E-state index in [-0.39, 0.29) is 5.75 Å². The second-order valence-electron chi connectivity index (χ2n) is 6.07. The topological polar surface area (TPSA) is 83.5 Å². The van der Waals surface area contributed by atoms with Crippen molar-refractivity contribution in [1.82, 2.24) is 0 Å². The summed E-state index contributed by atoms with van der Waals surface area (Å²) in [6.07, 6.45) is 1.89. The molecule has 1 aromatic rings. The van der Waals surface area contributed by atoms with Crippen LogP contribution < -0.4 is 4.72 Å². The van der Waals surface area contributed by atoms with Crippen molar-refractivity contribution >= 4 is 21.7 Å². The second-order valence-corrected chi connectivity index (χ2v) is 7.91. The fraction of sp³-hybridized carbons (Fsp3) is 0.533. The first-order valence-electron chi connectivity index (χ1n) is 7.10. The van der Waals surface area contributed by atoms with Crippen LogP contribution in [0.25, 0.3) is 0 Å². The van der Waals surface area contributed by atoms with E-state index in [9.17, 15) is 18.3 Å². The molecule has 116 valence electrons. The predicted octanol–water partition coefficient (Wildman–Crippen LogP) is 2.59. The van der Waals surface area contributed by atoms with Crippen LogP contribution in [0.1, 0.15) is 38.7 Å². The highest BCUT2D eigenvalue weighted by atomic mass is 32.2. The number of benzene rings is 1. The number of hydrogen-bond donors (Lipinski definition) is 2. The van der Waals surface area contributed by atoms with Gasteiger partial charge in [0.1, 0.15) is 0 Å². The van der Waals surface area contributed by atoms with Gasteiger partial charge in [-0.3, -0.25) is 9.52 Å². The summed E-state index contributed by atoms with van der Waals surface area (Å²) in [4.78, 5) is 11.2. The zero-order chi connectivity index (χ0) is 15.7. The van der Waals surface area contributed by atoms with E-state index >= 15 is 0 Å². The summed E-state index contributed by atoms with van der Waals surface area (Å²) in [7, 11) is -3.35. The Morgan fingerprint density at radius 1 is 1.29 bits per heavy atom. The number of nitrogens with one attached hydrogen (secondary N) is 1. The number of hydrogen-bond acceptors (Lipinski definition) is 3. The van der Waals surface area contributed by atoms with Crippen LogP contribution in [-0.4, -0.2) is 25.2 Å². The zero-order valence-corrected chi connectivity index (χ0v) is 13.1. The van der Waals surface area contributed by atoms with Crippen molar-refractivity contribution in [3.05, 3.63) is 29.8 Å². The van der Waals surface area contributed by atoms with Gasteiger partial charge in [-0.05, 0) is 42.9 Å². The van der Waals surface area contributed by atoms with Gasteiger partial charge in [0.25, 0.3) is 0 Å². The van der Waals surface area contributed by atoms with E-state index in [1.165, 1.54) is 0 Å². The molecular weight excluding hydrogens is 290 g/mol. The standard InChI is InChI=1S/C15H21NO4S/c1-11(2)7-10-21(19,20)16-13-5-3-12(4-6-13)15(8-9-15)14(17)18/h3-6,11,16H,7-10H2,1-2H3,(H,17,18). The Hall–Kier alpha value is -1.56. The third-order valence-corrected chi connectivity index (χ3v) is 5.15. The number of anilines is 1. The van der Waals surface area contributed by atoms with Crippen molar-refractivity contribution in [2.75, 3.05) is 10.5 Å². The lowest BCUT2D eigenvalue weighted by atomic mass is 9.96. The molecule has 0 heterocycles. The molecule has 0 atom stereocenters. The maximum absolute atomic E-state index is 11.9. The summed E-state index contributed by atoms with van der Waals surface area (Å²) in [6.45, 7) is 3.95. The third kappa shape index (κ3) is 3.75. The van der Waals surface area contributed by atoms with Gasteiger partial charge in [0.2, 0.25) is 10.0 Å². The summed E-state index contributed by atoms with van der Waals surface area (Å²) >= 11 is 0. The minimum atomic E-state index is -3.35. The Bertz CT molecular complexity index is 616. The van der Waals surface area contributed by atoms with E-state index in [0.29, 0.717) is 30.9 Å². The smallest absolute Gasteiger partial charge is 0.314 e. The van der Waals surface area contributed by atoms with Crippen molar-refractivity contribution in [1.29, 1.82) is 0 Å².